The van der Waals surface area contributed by atoms with E-state index in [2.05, 4.69) is 21.8 Å². The summed E-state index contributed by atoms with van der Waals surface area (Å²) in [7, 11) is 0. The number of likely N-dealkylation sites (tertiary alicyclic amines) is 1. The Hall–Kier alpha value is -1.64. The van der Waals surface area contributed by atoms with E-state index in [1.54, 1.807) is 17.8 Å². The van der Waals surface area contributed by atoms with E-state index < -0.39 is 11.4 Å². The van der Waals surface area contributed by atoms with Crippen LogP contribution in [0.25, 0.3) is 10.9 Å². The molecule has 1 aromatic carbocycles. The minimum absolute atomic E-state index is 0.0156. The molecular formula is C23H32FN3O3S. The van der Waals surface area contributed by atoms with E-state index in [4.69, 9.17) is 4.74 Å². The van der Waals surface area contributed by atoms with Crippen LogP contribution in [0.3, 0.4) is 0 Å². The molecule has 0 unspecified atom stereocenters. The van der Waals surface area contributed by atoms with Crippen LogP contribution in [0, 0.1) is 11.7 Å². The molecule has 0 radical (unpaired) electrons. The number of hydrogen-bond donors (Lipinski definition) is 2. The Balaban J connectivity index is 1.42. The first-order valence-corrected chi connectivity index (χ1v) is 12.4. The summed E-state index contributed by atoms with van der Waals surface area (Å²) in [6.45, 7) is 5.97. The molecule has 1 aromatic heterocycles. The van der Waals surface area contributed by atoms with E-state index in [1.807, 2.05) is 0 Å². The van der Waals surface area contributed by atoms with Crippen LogP contribution in [0.1, 0.15) is 51.3 Å². The summed E-state index contributed by atoms with van der Waals surface area (Å²) >= 11 is 1.74. The number of hydrogen-bond acceptors (Lipinski definition) is 6. The molecule has 1 aliphatic carbocycles. The van der Waals surface area contributed by atoms with E-state index >= 15 is 0 Å². The predicted octanol–water partition coefficient (Wildman–Crippen LogP) is 3.71. The Morgan fingerprint density at radius 3 is 2.68 bits per heavy atom. The summed E-state index contributed by atoms with van der Waals surface area (Å²) in [6.07, 6.45) is 5.56. The molecule has 31 heavy (non-hydrogen) atoms. The van der Waals surface area contributed by atoms with Gasteiger partial charge >= 0.3 is 0 Å². The second kappa shape index (κ2) is 10.3. The highest BCUT2D eigenvalue weighted by Gasteiger charge is 2.21. The van der Waals surface area contributed by atoms with E-state index in [0.29, 0.717) is 40.6 Å². The molecule has 0 spiro atoms. The highest BCUT2D eigenvalue weighted by atomic mass is 32.2. The zero-order chi connectivity index (χ0) is 21.8. The molecule has 2 aromatic rings. The number of halogens is 1. The van der Waals surface area contributed by atoms with Crippen molar-refractivity contribution in [2.45, 2.75) is 62.6 Å². The fraction of sp³-hybridized carbons (Fsp3) is 0.652. The largest absolute Gasteiger partial charge is 0.493 e. The fourth-order valence-corrected chi connectivity index (χ4v) is 5.63. The van der Waals surface area contributed by atoms with Gasteiger partial charge in [0, 0.05) is 17.4 Å². The standard InChI is InChI=1S/C23H32FN3O3S/c1-2-27-9-7-15(8-10-27)13-30-17-11-19(24)22-20(12-17)25-21(26-23(22)29)14-31-18-5-3-16(28)4-6-18/h11-12,15-16,18,28H,2-10,13-14H2,1H3,(H,25,26,29). The molecule has 2 N–H and O–H groups in total. The molecule has 0 atom stereocenters. The predicted molar refractivity (Wildman–Crippen MR) is 122 cm³/mol. The lowest BCUT2D eigenvalue weighted by molar-refractivity contribution is 0.132. The summed E-state index contributed by atoms with van der Waals surface area (Å²) < 4.78 is 20.5. The minimum Gasteiger partial charge on any atom is -0.493 e. The molecule has 2 heterocycles. The SMILES string of the molecule is CCN1CCC(COc2cc(F)c3c(=O)[nH]c(CSC4CCC(O)CC4)nc3c2)CC1. The molecule has 8 heteroatoms. The number of piperidine rings is 1. The Morgan fingerprint density at radius 1 is 1.23 bits per heavy atom. The number of aliphatic hydroxyl groups is 1. The van der Waals surface area contributed by atoms with Crippen molar-refractivity contribution in [2.75, 3.05) is 26.2 Å². The zero-order valence-corrected chi connectivity index (χ0v) is 18.9. The van der Waals surface area contributed by atoms with Crippen LogP contribution in [0.5, 0.6) is 5.75 Å². The molecule has 0 bridgehead atoms. The first kappa shape index (κ1) is 22.6. The third-order valence-corrected chi connectivity index (χ3v) is 7.91. The lowest BCUT2D eigenvalue weighted by Gasteiger charge is -2.30. The summed E-state index contributed by atoms with van der Waals surface area (Å²) in [6, 6.07) is 2.97. The van der Waals surface area contributed by atoms with Gasteiger partial charge in [-0.3, -0.25) is 4.79 Å². The van der Waals surface area contributed by atoms with Crippen molar-refractivity contribution in [1.82, 2.24) is 14.9 Å². The van der Waals surface area contributed by atoms with Gasteiger partial charge in [0.1, 0.15) is 22.8 Å². The number of nitrogens with one attached hydrogen (secondary N) is 1. The third-order valence-electron chi connectivity index (χ3n) is 6.52. The number of fused-ring (bicyclic) bond motifs is 1. The van der Waals surface area contributed by atoms with Crippen molar-refractivity contribution in [1.29, 1.82) is 0 Å². The van der Waals surface area contributed by atoms with E-state index in [0.717, 1.165) is 58.2 Å². The van der Waals surface area contributed by atoms with E-state index in [1.165, 1.54) is 6.07 Å². The number of thioether (sulfide) groups is 1. The average Bonchev–Trinajstić information content (AvgIpc) is 2.77. The second-order valence-electron chi connectivity index (χ2n) is 8.74. The summed E-state index contributed by atoms with van der Waals surface area (Å²) in [5.41, 5.74) is -0.107. The van der Waals surface area contributed by atoms with E-state index in [9.17, 15) is 14.3 Å². The zero-order valence-electron chi connectivity index (χ0n) is 18.1. The van der Waals surface area contributed by atoms with Crippen LogP contribution in [0.15, 0.2) is 16.9 Å². The highest BCUT2D eigenvalue weighted by Crippen LogP contribution is 2.30. The van der Waals surface area contributed by atoms with Crippen molar-refractivity contribution in [3.8, 4) is 5.75 Å². The number of aromatic nitrogens is 2. The smallest absolute Gasteiger partial charge is 0.261 e. The lowest BCUT2D eigenvalue weighted by Crippen LogP contribution is -2.35. The topological polar surface area (TPSA) is 78.5 Å². The Bertz CT molecular complexity index is 938. The first-order chi connectivity index (χ1) is 15.0. The van der Waals surface area contributed by atoms with Gasteiger partial charge in [-0.15, -0.1) is 0 Å². The number of aromatic amines is 1. The average molecular weight is 450 g/mol. The van der Waals surface area contributed by atoms with Gasteiger partial charge in [-0.05, 0) is 64.1 Å². The van der Waals surface area contributed by atoms with Gasteiger partial charge in [-0.1, -0.05) is 6.92 Å². The molecule has 1 saturated heterocycles. The molecule has 170 valence electrons. The van der Waals surface area contributed by atoms with Gasteiger partial charge in [0.25, 0.3) is 5.56 Å². The molecule has 0 amide bonds. The van der Waals surface area contributed by atoms with Crippen LogP contribution in [0.4, 0.5) is 4.39 Å². The van der Waals surface area contributed by atoms with Gasteiger partial charge in [0.05, 0.1) is 24.0 Å². The maximum absolute atomic E-state index is 14.6. The van der Waals surface area contributed by atoms with Crippen LogP contribution in [0.2, 0.25) is 0 Å². The van der Waals surface area contributed by atoms with Gasteiger partial charge in [-0.25, -0.2) is 9.37 Å². The number of benzene rings is 1. The van der Waals surface area contributed by atoms with Gasteiger partial charge in [0.2, 0.25) is 0 Å². The van der Waals surface area contributed by atoms with Crippen molar-refractivity contribution in [3.63, 3.8) is 0 Å². The Morgan fingerprint density at radius 2 is 1.97 bits per heavy atom. The van der Waals surface area contributed by atoms with Gasteiger partial charge < -0.3 is 19.7 Å². The Kier molecular flexibility index (Phi) is 7.51. The van der Waals surface area contributed by atoms with E-state index in [-0.39, 0.29) is 11.5 Å². The normalized spacial score (nSPS) is 23.3. The number of nitrogens with zero attached hydrogens (tertiary/aromatic N) is 2. The van der Waals surface area contributed by atoms with Crippen molar-refractivity contribution in [3.05, 3.63) is 34.1 Å². The van der Waals surface area contributed by atoms with Gasteiger partial charge in [-0.2, -0.15) is 11.8 Å². The number of aliphatic hydroxyl groups excluding tert-OH is 1. The second-order valence-corrected chi connectivity index (χ2v) is 10.0. The fourth-order valence-electron chi connectivity index (χ4n) is 4.49. The monoisotopic (exact) mass is 449 g/mol. The van der Waals surface area contributed by atoms with Crippen LogP contribution in [-0.4, -0.2) is 57.6 Å². The van der Waals surface area contributed by atoms with Crippen molar-refractivity contribution >= 4 is 22.7 Å². The first-order valence-electron chi connectivity index (χ1n) is 11.4. The number of H-pyrrole nitrogens is 1. The molecule has 2 aliphatic rings. The molecule has 4 rings (SSSR count). The molecule has 1 saturated carbocycles. The maximum Gasteiger partial charge on any atom is 0.261 e. The number of rotatable bonds is 7. The highest BCUT2D eigenvalue weighted by molar-refractivity contribution is 7.99. The lowest BCUT2D eigenvalue weighted by atomic mass is 9.97. The summed E-state index contributed by atoms with van der Waals surface area (Å²) in [4.78, 5) is 22.1. The van der Waals surface area contributed by atoms with Crippen LogP contribution >= 0.6 is 11.8 Å². The molecular weight excluding hydrogens is 417 g/mol. The quantitative estimate of drug-likeness (QED) is 0.671. The van der Waals surface area contributed by atoms with Crippen LogP contribution < -0.4 is 10.3 Å². The van der Waals surface area contributed by atoms with Gasteiger partial charge in [0.15, 0.2) is 0 Å². The van der Waals surface area contributed by atoms with Crippen molar-refractivity contribution in [2.24, 2.45) is 5.92 Å². The minimum atomic E-state index is -0.595. The third kappa shape index (κ3) is 5.79. The molecule has 1 aliphatic heterocycles. The summed E-state index contributed by atoms with van der Waals surface area (Å²) in [5.74, 6) is 1.42. The number of ether oxygens (including phenoxy) is 1. The van der Waals surface area contributed by atoms with Crippen LogP contribution in [-0.2, 0) is 5.75 Å². The van der Waals surface area contributed by atoms with Crippen molar-refractivity contribution < 1.29 is 14.2 Å². The maximum atomic E-state index is 14.6. The molecule has 6 nitrogen and oxygen atoms in total. The summed E-state index contributed by atoms with van der Waals surface area (Å²) in [5, 5.41) is 10.1. The Labute approximate surface area is 186 Å². The molecule has 2 fully saturated rings.